The summed E-state index contributed by atoms with van der Waals surface area (Å²) in [6.07, 6.45) is 3.55. The van der Waals surface area contributed by atoms with Crippen LogP contribution in [-0.2, 0) is 0 Å². The number of pyridine rings is 1. The van der Waals surface area contributed by atoms with Gasteiger partial charge in [-0.2, -0.15) is 0 Å². The lowest BCUT2D eigenvalue weighted by Gasteiger charge is -2.32. The summed E-state index contributed by atoms with van der Waals surface area (Å²) in [4.78, 5) is 21.2. The van der Waals surface area contributed by atoms with Crippen molar-refractivity contribution in [3.63, 3.8) is 0 Å². The normalized spacial score (nSPS) is 12.8. The lowest BCUT2D eigenvalue weighted by Crippen LogP contribution is -2.37. The second-order valence-electron chi connectivity index (χ2n) is 8.17. The molecule has 0 aliphatic carbocycles. The van der Waals surface area contributed by atoms with Gasteiger partial charge in [-0.15, -0.1) is 0 Å². The van der Waals surface area contributed by atoms with Gasteiger partial charge in [0.2, 0.25) is 0 Å². The molecule has 0 radical (unpaired) electrons. The van der Waals surface area contributed by atoms with E-state index in [1.165, 1.54) is 0 Å². The molecule has 0 fully saturated rings. The predicted molar refractivity (Wildman–Crippen MR) is 130 cm³/mol. The number of carbonyl (C=O) groups is 1. The van der Waals surface area contributed by atoms with E-state index in [0.717, 1.165) is 59.1 Å². The summed E-state index contributed by atoms with van der Waals surface area (Å²) in [5, 5.41) is 5.87. The van der Waals surface area contributed by atoms with Gasteiger partial charge >= 0.3 is 6.03 Å². The number of rotatable bonds is 6. The quantitative estimate of drug-likeness (QED) is 0.603. The highest BCUT2D eigenvalue weighted by molar-refractivity contribution is 6.00. The lowest BCUT2D eigenvalue weighted by atomic mass is 10.0. The molecular formula is C25H29N5O2. The van der Waals surface area contributed by atoms with Crippen LogP contribution in [0.3, 0.4) is 0 Å². The van der Waals surface area contributed by atoms with Crippen LogP contribution in [0.4, 0.5) is 21.9 Å². The number of ether oxygens (including phenoxy) is 1. The Bertz CT molecular complexity index is 1080. The Balaban J connectivity index is 1.43. The highest BCUT2D eigenvalue weighted by Crippen LogP contribution is 2.34. The number of carbonyl (C=O) groups excluding carboxylic acids is 1. The minimum absolute atomic E-state index is 0.280. The van der Waals surface area contributed by atoms with Crippen LogP contribution < -0.4 is 20.3 Å². The van der Waals surface area contributed by atoms with Gasteiger partial charge in [0.05, 0.1) is 12.2 Å². The lowest BCUT2D eigenvalue weighted by molar-refractivity contribution is 0.262. The van der Waals surface area contributed by atoms with Gasteiger partial charge in [0.1, 0.15) is 12.4 Å². The van der Waals surface area contributed by atoms with Gasteiger partial charge in [-0.05, 0) is 80.2 Å². The minimum atomic E-state index is -0.280. The van der Waals surface area contributed by atoms with Gasteiger partial charge in [-0.3, -0.25) is 4.98 Å². The standard InChI is InChI=1S/C25H29N5O2/c1-18-16-20(4-6-22(18)19-8-10-26-11-9-19)27-25(31)28-21-5-7-24-23(17-21)30(14-15-32-24)13-12-29(2)3/h4-11,16-17H,12-15H2,1-3H3,(H2,27,28,31). The van der Waals surface area contributed by atoms with Crippen molar-refractivity contribution >= 4 is 23.1 Å². The van der Waals surface area contributed by atoms with Crippen LogP contribution in [0.1, 0.15) is 5.56 Å². The average molecular weight is 432 g/mol. The zero-order valence-electron chi connectivity index (χ0n) is 18.8. The first-order valence-corrected chi connectivity index (χ1v) is 10.8. The maximum Gasteiger partial charge on any atom is 0.323 e. The Morgan fingerprint density at radius 1 is 1.06 bits per heavy atom. The molecule has 0 spiro atoms. The maximum absolute atomic E-state index is 12.6. The first-order valence-electron chi connectivity index (χ1n) is 10.8. The van der Waals surface area contributed by atoms with Crippen molar-refractivity contribution in [2.75, 3.05) is 55.9 Å². The highest BCUT2D eigenvalue weighted by atomic mass is 16.5. The Kier molecular flexibility index (Phi) is 6.56. The second kappa shape index (κ2) is 9.70. The number of hydrogen-bond donors (Lipinski definition) is 2. The van der Waals surface area contributed by atoms with Crippen LogP contribution in [-0.4, -0.2) is 56.3 Å². The fraction of sp³-hybridized carbons (Fsp3) is 0.280. The number of nitrogens with zero attached hydrogens (tertiary/aromatic N) is 3. The van der Waals surface area contributed by atoms with Crippen molar-refractivity contribution in [3.05, 3.63) is 66.5 Å². The molecular weight excluding hydrogens is 402 g/mol. The van der Waals surface area contributed by atoms with Crippen molar-refractivity contribution < 1.29 is 9.53 Å². The van der Waals surface area contributed by atoms with E-state index in [0.29, 0.717) is 6.61 Å². The van der Waals surface area contributed by atoms with Gasteiger partial charge in [0, 0.05) is 36.9 Å². The average Bonchev–Trinajstić information content (AvgIpc) is 2.78. The molecule has 0 atom stereocenters. The zero-order chi connectivity index (χ0) is 22.5. The molecule has 7 heteroatoms. The summed E-state index contributed by atoms with van der Waals surface area (Å²) >= 11 is 0. The molecule has 1 aliphatic heterocycles. The van der Waals surface area contributed by atoms with Crippen molar-refractivity contribution in [1.82, 2.24) is 9.88 Å². The van der Waals surface area contributed by atoms with Crippen LogP contribution in [0.25, 0.3) is 11.1 Å². The Labute approximate surface area is 189 Å². The molecule has 0 unspecified atom stereocenters. The fourth-order valence-corrected chi connectivity index (χ4v) is 3.79. The molecule has 2 aromatic carbocycles. The summed E-state index contributed by atoms with van der Waals surface area (Å²) in [7, 11) is 4.13. The largest absolute Gasteiger partial charge is 0.490 e. The number of urea groups is 1. The molecule has 1 aliphatic rings. The molecule has 2 amide bonds. The van der Waals surface area contributed by atoms with Crippen LogP contribution in [0, 0.1) is 6.92 Å². The second-order valence-corrected chi connectivity index (χ2v) is 8.17. The van der Waals surface area contributed by atoms with E-state index >= 15 is 0 Å². The van der Waals surface area contributed by atoms with Crippen molar-refractivity contribution in [1.29, 1.82) is 0 Å². The molecule has 3 aromatic rings. The molecule has 0 bridgehead atoms. The van der Waals surface area contributed by atoms with Crippen LogP contribution in [0.15, 0.2) is 60.9 Å². The number of amides is 2. The summed E-state index contributed by atoms with van der Waals surface area (Å²) in [5.41, 5.74) is 5.78. The SMILES string of the molecule is Cc1cc(NC(=O)Nc2ccc3c(c2)N(CCN(C)C)CCO3)ccc1-c1ccncc1. The van der Waals surface area contributed by atoms with Gasteiger partial charge in [0.25, 0.3) is 0 Å². The molecule has 32 heavy (non-hydrogen) atoms. The summed E-state index contributed by atoms with van der Waals surface area (Å²) in [5.74, 6) is 0.850. The Morgan fingerprint density at radius 2 is 1.78 bits per heavy atom. The summed E-state index contributed by atoms with van der Waals surface area (Å²) < 4.78 is 5.79. The van der Waals surface area contributed by atoms with Gasteiger partial charge in [-0.1, -0.05) is 6.07 Å². The monoisotopic (exact) mass is 431 g/mol. The van der Waals surface area contributed by atoms with E-state index < -0.39 is 0 Å². The van der Waals surface area contributed by atoms with E-state index in [2.05, 4.69) is 39.5 Å². The Morgan fingerprint density at radius 3 is 2.50 bits per heavy atom. The molecule has 2 heterocycles. The number of aryl methyl sites for hydroxylation is 1. The fourth-order valence-electron chi connectivity index (χ4n) is 3.79. The number of anilines is 3. The van der Waals surface area contributed by atoms with E-state index in [9.17, 15) is 4.79 Å². The maximum atomic E-state index is 12.6. The van der Waals surface area contributed by atoms with Crippen LogP contribution >= 0.6 is 0 Å². The number of fused-ring (bicyclic) bond motifs is 1. The minimum Gasteiger partial charge on any atom is -0.490 e. The smallest absolute Gasteiger partial charge is 0.323 e. The van der Waals surface area contributed by atoms with Crippen molar-refractivity contribution in [3.8, 4) is 16.9 Å². The first-order chi connectivity index (χ1) is 15.5. The number of likely N-dealkylation sites (N-methyl/N-ethyl adjacent to an activating group) is 1. The number of benzene rings is 2. The van der Waals surface area contributed by atoms with Crippen molar-refractivity contribution in [2.24, 2.45) is 0 Å². The molecule has 1 aromatic heterocycles. The third kappa shape index (κ3) is 5.18. The van der Waals surface area contributed by atoms with Gasteiger partial charge in [-0.25, -0.2) is 4.79 Å². The summed E-state index contributed by atoms with van der Waals surface area (Å²) in [6.45, 7) is 5.39. The van der Waals surface area contributed by atoms with E-state index in [1.54, 1.807) is 12.4 Å². The molecule has 2 N–H and O–H groups in total. The van der Waals surface area contributed by atoms with E-state index in [-0.39, 0.29) is 6.03 Å². The topological polar surface area (TPSA) is 69.7 Å². The molecule has 0 saturated carbocycles. The van der Waals surface area contributed by atoms with Crippen molar-refractivity contribution in [2.45, 2.75) is 6.92 Å². The van der Waals surface area contributed by atoms with E-state index in [1.807, 2.05) is 55.5 Å². The van der Waals surface area contributed by atoms with Crippen LogP contribution in [0.5, 0.6) is 5.75 Å². The first kappa shape index (κ1) is 21.6. The summed E-state index contributed by atoms with van der Waals surface area (Å²) in [6, 6.07) is 15.3. The van der Waals surface area contributed by atoms with Crippen LogP contribution in [0.2, 0.25) is 0 Å². The molecule has 166 valence electrons. The number of nitrogens with one attached hydrogen (secondary N) is 2. The van der Waals surface area contributed by atoms with E-state index in [4.69, 9.17) is 4.74 Å². The van der Waals surface area contributed by atoms with Gasteiger partial charge < -0.3 is 25.2 Å². The molecule has 7 nitrogen and oxygen atoms in total. The number of hydrogen-bond acceptors (Lipinski definition) is 5. The highest BCUT2D eigenvalue weighted by Gasteiger charge is 2.19. The van der Waals surface area contributed by atoms with Gasteiger partial charge in [0.15, 0.2) is 0 Å². The predicted octanol–water partition coefficient (Wildman–Crippen LogP) is 4.46. The zero-order valence-corrected chi connectivity index (χ0v) is 18.8. The third-order valence-electron chi connectivity index (χ3n) is 5.47. The Hall–Kier alpha value is -3.58. The third-order valence-corrected chi connectivity index (χ3v) is 5.47. The number of aromatic nitrogens is 1. The molecule has 4 rings (SSSR count). The molecule has 0 saturated heterocycles.